The minimum atomic E-state index is -1.07. The molecule has 4 heteroatoms. The summed E-state index contributed by atoms with van der Waals surface area (Å²) in [5, 5.41) is 10.4. The second-order valence-corrected chi connectivity index (χ2v) is 4.72. The van der Waals surface area contributed by atoms with Crippen LogP contribution in [0.1, 0.15) is 41.5 Å². The number of carboxylic acid groups (broad SMARTS) is 1. The molecule has 0 N–H and O–H groups in total. The first-order valence-electron chi connectivity index (χ1n) is 5.33. The third kappa shape index (κ3) is 10.00. The molecular weight excluding hydrogens is 218 g/mol. The molecule has 0 rings (SSSR count). The van der Waals surface area contributed by atoms with Gasteiger partial charge < -0.3 is 14.4 Å². The van der Waals surface area contributed by atoms with Gasteiger partial charge in [0.05, 0.1) is 33.0 Å². The third-order valence-corrected chi connectivity index (χ3v) is 2.68. The van der Waals surface area contributed by atoms with Crippen molar-refractivity contribution < 1.29 is 19.2 Å². The minimum absolute atomic E-state index is 0. The number of carbonyl (C=O) groups is 2. The predicted molar refractivity (Wildman–Crippen MR) is 69.4 cm³/mol. The molecular formula is C13H29NO3. The fourth-order valence-corrected chi connectivity index (χ4v) is 1.32. The Morgan fingerprint density at radius 3 is 2.06 bits per heavy atom. The van der Waals surface area contributed by atoms with Crippen LogP contribution in [-0.4, -0.2) is 43.4 Å². The summed E-state index contributed by atoms with van der Waals surface area (Å²) in [6.45, 7) is 4.38. The van der Waals surface area contributed by atoms with Crippen LogP contribution in [0.2, 0.25) is 0 Å². The lowest BCUT2D eigenvalue weighted by Gasteiger charge is -2.30. The molecule has 0 amide bonds. The molecule has 0 aromatic rings. The number of quaternary nitrogens is 1. The minimum Gasteiger partial charge on any atom is -0.544 e. The first kappa shape index (κ1) is 21.4. The maximum Gasteiger partial charge on any atom is 0.141 e. The lowest BCUT2D eigenvalue weighted by atomic mass is 10.0. The zero-order chi connectivity index (χ0) is 12.1. The van der Waals surface area contributed by atoms with Crippen molar-refractivity contribution in [1.82, 2.24) is 0 Å². The topological polar surface area (TPSA) is 57.2 Å². The Kier molecular flexibility index (Phi) is 11.5. The van der Waals surface area contributed by atoms with Crippen molar-refractivity contribution in [2.24, 2.45) is 5.92 Å². The summed E-state index contributed by atoms with van der Waals surface area (Å²) in [6, 6.07) is 0. The molecule has 0 aromatic heterocycles. The summed E-state index contributed by atoms with van der Waals surface area (Å²) < 4.78 is 0.296. The average molecular weight is 247 g/mol. The van der Waals surface area contributed by atoms with Crippen LogP contribution >= 0.6 is 0 Å². The molecule has 17 heavy (non-hydrogen) atoms. The lowest BCUT2D eigenvalue weighted by molar-refractivity contribution is -0.884. The number of aliphatic carboxylic acids is 1. The van der Waals surface area contributed by atoms with Crippen molar-refractivity contribution in [3.8, 4) is 0 Å². The van der Waals surface area contributed by atoms with Gasteiger partial charge in [-0.05, 0) is 6.42 Å². The number of hydrogen-bond donors (Lipinski definition) is 0. The Hall–Kier alpha value is -0.900. The van der Waals surface area contributed by atoms with Crippen LogP contribution in [0, 0.1) is 5.92 Å². The van der Waals surface area contributed by atoms with Crippen LogP contribution in [0.5, 0.6) is 0 Å². The molecule has 0 saturated heterocycles. The van der Waals surface area contributed by atoms with E-state index in [1.54, 1.807) is 14.1 Å². The molecule has 0 aliphatic carbocycles. The molecule has 0 aliphatic rings. The zero-order valence-corrected chi connectivity index (χ0v) is 10.1. The van der Waals surface area contributed by atoms with Crippen LogP contribution in [-0.2, 0) is 9.59 Å². The van der Waals surface area contributed by atoms with Crippen molar-refractivity contribution in [1.29, 1.82) is 0 Å². The van der Waals surface area contributed by atoms with Crippen molar-refractivity contribution >= 4 is 11.8 Å². The highest BCUT2D eigenvalue weighted by atomic mass is 16.4. The highest BCUT2D eigenvalue weighted by molar-refractivity contribution is 5.80. The number of carbonyl (C=O) groups excluding carboxylic acids is 2. The fourth-order valence-electron chi connectivity index (χ4n) is 1.32. The first-order valence-corrected chi connectivity index (χ1v) is 5.33. The number of nitrogens with zero attached hydrogens (tertiary/aromatic N) is 1. The first-order chi connectivity index (χ1) is 6.78. The Bertz CT molecular complexity index is 237. The van der Waals surface area contributed by atoms with Crippen LogP contribution in [0.3, 0.4) is 0 Å². The predicted octanol–water partition coefficient (Wildman–Crippen LogP) is 1.09. The van der Waals surface area contributed by atoms with E-state index in [1.807, 2.05) is 13.8 Å². The van der Waals surface area contributed by atoms with E-state index in [2.05, 4.69) is 0 Å². The van der Waals surface area contributed by atoms with E-state index in [-0.39, 0.29) is 33.1 Å². The molecule has 0 bridgehead atoms. The summed E-state index contributed by atoms with van der Waals surface area (Å²) in [5.41, 5.74) is 0. The highest BCUT2D eigenvalue weighted by Crippen LogP contribution is 2.07. The molecule has 1 atom stereocenters. The summed E-state index contributed by atoms with van der Waals surface area (Å²) >= 11 is 0. The number of rotatable bonds is 7. The van der Waals surface area contributed by atoms with Crippen LogP contribution in [0.25, 0.3) is 0 Å². The van der Waals surface area contributed by atoms with Gasteiger partial charge in [-0.3, -0.25) is 4.79 Å². The molecule has 0 radical (unpaired) electrons. The van der Waals surface area contributed by atoms with Gasteiger partial charge in [-0.15, -0.1) is 0 Å². The Balaban J connectivity index is -0.000000980. The van der Waals surface area contributed by atoms with E-state index in [0.29, 0.717) is 17.4 Å². The van der Waals surface area contributed by atoms with E-state index in [4.69, 9.17) is 0 Å². The standard InChI is InChI=1S/C11H21NO3.2CH4/c1-5-9(2)10(13)6-7-12(3,4)8-11(14)15;;/h9H,5-8H2,1-4H3;2*1H4. The number of Topliss-reactive ketones (excluding diaryl/α,β-unsaturated/α-hetero) is 1. The number of ketones is 1. The smallest absolute Gasteiger partial charge is 0.141 e. The van der Waals surface area contributed by atoms with E-state index in [0.717, 1.165) is 6.42 Å². The quantitative estimate of drug-likeness (QED) is 0.633. The number of hydrogen-bond acceptors (Lipinski definition) is 3. The van der Waals surface area contributed by atoms with Gasteiger partial charge in [0, 0.05) is 5.92 Å². The van der Waals surface area contributed by atoms with Crippen molar-refractivity contribution in [3.05, 3.63) is 0 Å². The molecule has 4 nitrogen and oxygen atoms in total. The molecule has 0 spiro atoms. The summed E-state index contributed by atoms with van der Waals surface area (Å²) in [6.07, 6.45) is 1.28. The largest absolute Gasteiger partial charge is 0.544 e. The van der Waals surface area contributed by atoms with Crippen molar-refractivity contribution in [2.75, 3.05) is 27.2 Å². The zero-order valence-electron chi connectivity index (χ0n) is 10.1. The maximum atomic E-state index is 11.5. The second-order valence-electron chi connectivity index (χ2n) is 4.72. The van der Waals surface area contributed by atoms with Gasteiger partial charge in [0.15, 0.2) is 0 Å². The monoisotopic (exact) mass is 247 g/mol. The lowest BCUT2D eigenvalue weighted by Crippen LogP contribution is -2.49. The van der Waals surface area contributed by atoms with Gasteiger partial charge in [-0.1, -0.05) is 28.7 Å². The van der Waals surface area contributed by atoms with E-state index in [1.165, 1.54) is 0 Å². The van der Waals surface area contributed by atoms with Gasteiger partial charge >= 0.3 is 0 Å². The second kappa shape index (κ2) is 9.16. The van der Waals surface area contributed by atoms with Crippen LogP contribution in [0.4, 0.5) is 0 Å². The molecule has 1 unspecified atom stereocenters. The van der Waals surface area contributed by atoms with E-state index >= 15 is 0 Å². The molecule has 0 saturated carbocycles. The Morgan fingerprint density at radius 1 is 1.24 bits per heavy atom. The average Bonchev–Trinajstić information content (AvgIpc) is 2.11. The molecule has 104 valence electrons. The molecule has 0 fully saturated rings. The van der Waals surface area contributed by atoms with Crippen molar-refractivity contribution in [3.63, 3.8) is 0 Å². The van der Waals surface area contributed by atoms with Gasteiger partial charge in [0.1, 0.15) is 12.3 Å². The summed E-state index contributed by atoms with van der Waals surface area (Å²) in [7, 11) is 3.58. The van der Waals surface area contributed by atoms with Gasteiger partial charge in [-0.2, -0.15) is 0 Å². The fraction of sp³-hybridized carbons (Fsp3) is 0.846. The highest BCUT2D eigenvalue weighted by Gasteiger charge is 2.19. The maximum absolute atomic E-state index is 11.5. The third-order valence-electron chi connectivity index (χ3n) is 2.68. The van der Waals surface area contributed by atoms with Gasteiger partial charge in [-0.25, -0.2) is 0 Å². The Labute approximate surface area is 106 Å². The molecule has 0 heterocycles. The van der Waals surface area contributed by atoms with Crippen LogP contribution < -0.4 is 5.11 Å². The molecule has 0 aromatic carbocycles. The summed E-state index contributed by atoms with van der Waals surface area (Å²) in [4.78, 5) is 22.0. The SMILES string of the molecule is C.C.CCC(C)C(=O)CC[N+](C)(C)CC(=O)[O-]. The van der Waals surface area contributed by atoms with Crippen LogP contribution in [0.15, 0.2) is 0 Å². The Morgan fingerprint density at radius 2 is 1.71 bits per heavy atom. The van der Waals surface area contributed by atoms with Gasteiger partial charge in [0.2, 0.25) is 0 Å². The normalized spacial score (nSPS) is 12.0. The summed E-state index contributed by atoms with van der Waals surface area (Å²) in [5.74, 6) is -0.786. The molecule has 0 aliphatic heterocycles. The number of likely N-dealkylation sites (N-methyl/N-ethyl adjacent to an activating group) is 1. The van der Waals surface area contributed by atoms with Gasteiger partial charge in [0.25, 0.3) is 0 Å². The number of carboxylic acids is 1. The van der Waals surface area contributed by atoms with Crippen molar-refractivity contribution in [2.45, 2.75) is 41.5 Å². The van der Waals surface area contributed by atoms with E-state index in [9.17, 15) is 14.7 Å². The van der Waals surface area contributed by atoms with E-state index < -0.39 is 5.97 Å².